The molecular weight excluding hydrogens is 270 g/mol. The third-order valence-electron chi connectivity index (χ3n) is 4.36. The quantitative estimate of drug-likeness (QED) is 0.818. The molecule has 2 heterocycles. The predicted molar refractivity (Wildman–Crippen MR) is 80.2 cm³/mol. The van der Waals surface area contributed by atoms with Gasteiger partial charge in [-0.25, -0.2) is 0 Å². The Balaban J connectivity index is 1.77. The predicted octanol–water partition coefficient (Wildman–Crippen LogP) is 0.481. The lowest BCUT2D eigenvalue weighted by Gasteiger charge is -2.25. The number of rotatable bonds is 4. The second-order valence-electron chi connectivity index (χ2n) is 6.09. The minimum atomic E-state index is -0.774. The molecule has 2 rings (SSSR count). The Kier molecular flexibility index (Phi) is 6.45. The van der Waals surface area contributed by atoms with E-state index >= 15 is 0 Å². The van der Waals surface area contributed by atoms with E-state index in [2.05, 4.69) is 4.90 Å². The third-order valence-corrected chi connectivity index (χ3v) is 4.36. The number of carboxylic acid groups (broad SMARTS) is 1. The van der Waals surface area contributed by atoms with Crippen LogP contribution in [0.15, 0.2) is 0 Å². The number of amides is 1. The molecule has 2 fully saturated rings. The summed E-state index contributed by atoms with van der Waals surface area (Å²) >= 11 is 0. The molecule has 1 N–H and O–H groups in total. The average molecular weight is 297 g/mol. The molecule has 0 bridgehead atoms. The van der Waals surface area contributed by atoms with Crippen molar-refractivity contribution < 1.29 is 14.7 Å². The Bertz CT molecular complexity index is 354. The Morgan fingerprint density at radius 2 is 1.29 bits per heavy atom. The number of hydrogen-bond donors (Lipinski definition) is 1. The van der Waals surface area contributed by atoms with Gasteiger partial charge in [-0.2, -0.15) is 0 Å². The van der Waals surface area contributed by atoms with Gasteiger partial charge in [0.1, 0.15) is 0 Å². The SMILES string of the molecule is O=C(O)CN1CCCN(CC(=O)N2CCCCCC2)CC1. The first-order chi connectivity index (χ1) is 10.1. The van der Waals surface area contributed by atoms with Crippen molar-refractivity contribution in [2.45, 2.75) is 32.1 Å². The van der Waals surface area contributed by atoms with Gasteiger partial charge in [0.2, 0.25) is 5.91 Å². The Labute approximate surface area is 126 Å². The molecule has 120 valence electrons. The van der Waals surface area contributed by atoms with E-state index in [1.54, 1.807) is 0 Å². The van der Waals surface area contributed by atoms with Crippen molar-refractivity contribution in [2.24, 2.45) is 0 Å². The second kappa shape index (κ2) is 8.34. The van der Waals surface area contributed by atoms with Gasteiger partial charge >= 0.3 is 5.97 Å². The summed E-state index contributed by atoms with van der Waals surface area (Å²) < 4.78 is 0. The fourth-order valence-corrected chi connectivity index (χ4v) is 3.14. The number of carbonyl (C=O) groups excluding carboxylic acids is 1. The summed E-state index contributed by atoms with van der Waals surface area (Å²) in [6.07, 6.45) is 5.64. The van der Waals surface area contributed by atoms with Crippen LogP contribution in [0.4, 0.5) is 0 Å². The standard InChI is InChI=1S/C15H27N3O3/c19-14(18-8-3-1-2-4-9-18)12-16-6-5-7-17(11-10-16)13-15(20)21/h1-13H2,(H,20,21). The highest BCUT2D eigenvalue weighted by Gasteiger charge is 2.21. The molecule has 0 aromatic rings. The van der Waals surface area contributed by atoms with Gasteiger partial charge in [-0.15, -0.1) is 0 Å². The van der Waals surface area contributed by atoms with Crippen LogP contribution in [0.25, 0.3) is 0 Å². The molecule has 0 aromatic heterocycles. The van der Waals surface area contributed by atoms with Gasteiger partial charge < -0.3 is 10.0 Å². The number of carbonyl (C=O) groups is 2. The average Bonchev–Trinajstić information content (AvgIpc) is 2.81. The van der Waals surface area contributed by atoms with E-state index in [1.165, 1.54) is 12.8 Å². The molecule has 2 aliphatic heterocycles. The molecule has 1 amide bonds. The maximum atomic E-state index is 12.4. The largest absolute Gasteiger partial charge is 0.480 e. The highest BCUT2D eigenvalue weighted by molar-refractivity contribution is 5.78. The summed E-state index contributed by atoms with van der Waals surface area (Å²) in [4.78, 5) is 29.3. The van der Waals surface area contributed by atoms with E-state index < -0.39 is 5.97 Å². The van der Waals surface area contributed by atoms with Crippen molar-refractivity contribution in [3.05, 3.63) is 0 Å². The number of aliphatic carboxylic acids is 1. The van der Waals surface area contributed by atoms with Crippen LogP contribution in [0, 0.1) is 0 Å². The van der Waals surface area contributed by atoms with Gasteiger partial charge in [-0.05, 0) is 25.8 Å². The normalized spacial score (nSPS) is 22.6. The summed E-state index contributed by atoms with van der Waals surface area (Å²) in [6.45, 7) is 5.60. The molecule has 0 radical (unpaired) electrons. The zero-order chi connectivity index (χ0) is 15.1. The van der Waals surface area contributed by atoms with Crippen LogP contribution in [0.5, 0.6) is 0 Å². The maximum absolute atomic E-state index is 12.4. The summed E-state index contributed by atoms with van der Waals surface area (Å²) in [5.74, 6) is -0.535. The molecule has 2 aliphatic rings. The molecular formula is C15H27N3O3. The van der Waals surface area contributed by atoms with Crippen LogP contribution in [0.2, 0.25) is 0 Å². The van der Waals surface area contributed by atoms with Crippen molar-refractivity contribution >= 4 is 11.9 Å². The topological polar surface area (TPSA) is 64.1 Å². The molecule has 0 aliphatic carbocycles. The summed E-state index contributed by atoms with van der Waals surface area (Å²) in [5.41, 5.74) is 0. The zero-order valence-electron chi connectivity index (χ0n) is 12.8. The molecule has 2 saturated heterocycles. The van der Waals surface area contributed by atoms with Gasteiger partial charge in [0, 0.05) is 32.7 Å². The molecule has 6 nitrogen and oxygen atoms in total. The highest BCUT2D eigenvalue weighted by Crippen LogP contribution is 2.11. The first kappa shape index (κ1) is 16.2. The first-order valence-electron chi connectivity index (χ1n) is 8.09. The number of hydrogen-bond acceptors (Lipinski definition) is 4. The lowest BCUT2D eigenvalue weighted by molar-refractivity contribution is -0.138. The summed E-state index contributed by atoms with van der Waals surface area (Å²) in [7, 11) is 0. The van der Waals surface area contributed by atoms with Crippen molar-refractivity contribution in [1.82, 2.24) is 14.7 Å². The van der Waals surface area contributed by atoms with E-state index in [0.717, 1.165) is 58.5 Å². The van der Waals surface area contributed by atoms with Crippen molar-refractivity contribution in [1.29, 1.82) is 0 Å². The zero-order valence-corrected chi connectivity index (χ0v) is 12.8. The Morgan fingerprint density at radius 3 is 1.86 bits per heavy atom. The first-order valence-corrected chi connectivity index (χ1v) is 8.09. The van der Waals surface area contributed by atoms with E-state index in [-0.39, 0.29) is 12.5 Å². The molecule has 0 saturated carbocycles. The fraction of sp³-hybridized carbons (Fsp3) is 0.867. The molecule has 0 unspecified atom stereocenters. The minimum absolute atomic E-state index is 0.105. The van der Waals surface area contributed by atoms with Crippen LogP contribution in [-0.2, 0) is 9.59 Å². The second-order valence-corrected chi connectivity index (χ2v) is 6.09. The highest BCUT2D eigenvalue weighted by atomic mass is 16.4. The third kappa shape index (κ3) is 5.63. The van der Waals surface area contributed by atoms with Crippen LogP contribution < -0.4 is 0 Å². The molecule has 6 heteroatoms. The van der Waals surface area contributed by atoms with Gasteiger partial charge in [0.25, 0.3) is 0 Å². The number of nitrogens with zero attached hydrogens (tertiary/aromatic N) is 3. The molecule has 0 aromatic carbocycles. The van der Waals surface area contributed by atoms with E-state index in [9.17, 15) is 9.59 Å². The van der Waals surface area contributed by atoms with Crippen LogP contribution in [-0.4, -0.2) is 84.0 Å². The molecule has 0 spiro atoms. The van der Waals surface area contributed by atoms with Gasteiger partial charge in [-0.3, -0.25) is 19.4 Å². The van der Waals surface area contributed by atoms with Crippen LogP contribution in [0.1, 0.15) is 32.1 Å². The number of likely N-dealkylation sites (tertiary alicyclic amines) is 1. The van der Waals surface area contributed by atoms with Gasteiger partial charge in [-0.1, -0.05) is 12.8 Å². The van der Waals surface area contributed by atoms with Crippen LogP contribution >= 0.6 is 0 Å². The minimum Gasteiger partial charge on any atom is -0.480 e. The van der Waals surface area contributed by atoms with E-state index in [0.29, 0.717) is 6.54 Å². The lowest BCUT2D eigenvalue weighted by atomic mass is 10.2. The van der Waals surface area contributed by atoms with Crippen molar-refractivity contribution in [2.75, 3.05) is 52.4 Å². The Hall–Kier alpha value is -1.14. The fourth-order valence-electron chi connectivity index (χ4n) is 3.14. The lowest BCUT2D eigenvalue weighted by Crippen LogP contribution is -2.42. The number of carboxylic acids is 1. The summed E-state index contributed by atoms with van der Waals surface area (Å²) in [5, 5.41) is 8.85. The monoisotopic (exact) mass is 297 g/mol. The molecule has 0 atom stereocenters. The van der Waals surface area contributed by atoms with Crippen molar-refractivity contribution in [3.8, 4) is 0 Å². The smallest absolute Gasteiger partial charge is 0.317 e. The Morgan fingerprint density at radius 1 is 0.714 bits per heavy atom. The van der Waals surface area contributed by atoms with Crippen molar-refractivity contribution in [3.63, 3.8) is 0 Å². The van der Waals surface area contributed by atoms with Gasteiger partial charge in [0.05, 0.1) is 13.1 Å². The van der Waals surface area contributed by atoms with E-state index in [4.69, 9.17) is 5.11 Å². The van der Waals surface area contributed by atoms with Gasteiger partial charge in [0.15, 0.2) is 0 Å². The molecule has 21 heavy (non-hydrogen) atoms. The van der Waals surface area contributed by atoms with Crippen LogP contribution in [0.3, 0.4) is 0 Å². The summed E-state index contributed by atoms with van der Waals surface area (Å²) in [6, 6.07) is 0. The van der Waals surface area contributed by atoms with E-state index in [1.807, 2.05) is 9.80 Å². The maximum Gasteiger partial charge on any atom is 0.317 e.